The summed E-state index contributed by atoms with van der Waals surface area (Å²) < 4.78 is 38.0. The highest BCUT2D eigenvalue weighted by Gasteiger charge is 2.32. The molecular formula is C35H48O15. The summed E-state index contributed by atoms with van der Waals surface area (Å²) >= 11 is 0. The van der Waals surface area contributed by atoms with Crippen LogP contribution in [0.5, 0.6) is 0 Å². The van der Waals surface area contributed by atoms with E-state index >= 15 is 0 Å². The number of ether oxygens (including phenoxy) is 7. The number of aromatic carboxylic acids is 1. The molecule has 15 nitrogen and oxygen atoms in total. The van der Waals surface area contributed by atoms with Gasteiger partial charge < -0.3 is 48.5 Å². The third-order valence-electron chi connectivity index (χ3n) is 6.81. The maximum atomic E-state index is 13.0. The van der Waals surface area contributed by atoms with Gasteiger partial charge in [-0.3, -0.25) is 0 Å². The van der Waals surface area contributed by atoms with Crippen LogP contribution in [0, 0.1) is 5.41 Å². The van der Waals surface area contributed by atoms with Crippen molar-refractivity contribution in [3.05, 3.63) is 71.8 Å². The van der Waals surface area contributed by atoms with Gasteiger partial charge in [-0.15, -0.1) is 0 Å². The average molecular weight is 709 g/mol. The van der Waals surface area contributed by atoms with Crippen LogP contribution in [0.15, 0.2) is 60.7 Å². The topological polar surface area (TPSA) is 211 Å². The fourth-order valence-electron chi connectivity index (χ4n) is 3.82. The van der Waals surface area contributed by atoms with Crippen LogP contribution in [-0.4, -0.2) is 123 Å². The molecule has 1 aromatic carbocycles. The SMILES string of the molecule is C=C(C)C(=O)OCC(O)COCC(CC)(COCC(O)COC(=O)C(=C)C)COCC(COC(=O)C(=C)C)OC(=O)c1ccccc1C(=O)O. The lowest BCUT2D eigenvalue weighted by Crippen LogP contribution is -2.40. The molecule has 1 aromatic rings. The van der Waals surface area contributed by atoms with Gasteiger partial charge in [0.2, 0.25) is 0 Å². The minimum Gasteiger partial charge on any atom is -0.478 e. The zero-order chi connectivity index (χ0) is 37.9. The number of carboxylic acids is 1. The Morgan fingerprint density at radius 2 is 1.06 bits per heavy atom. The van der Waals surface area contributed by atoms with Gasteiger partial charge in [-0.1, -0.05) is 38.8 Å². The summed E-state index contributed by atoms with van der Waals surface area (Å²) in [4.78, 5) is 60.0. The van der Waals surface area contributed by atoms with E-state index in [1.165, 1.54) is 45.0 Å². The van der Waals surface area contributed by atoms with Crippen LogP contribution in [0.4, 0.5) is 0 Å². The molecule has 1 rings (SSSR count). The van der Waals surface area contributed by atoms with Gasteiger partial charge in [0.1, 0.15) is 32.0 Å². The van der Waals surface area contributed by atoms with Crippen LogP contribution in [0.1, 0.15) is 54.8 Å². The van der Waals surface area contributed by atoms with Gasteiger partial charge in [-0.2, -0.15) is 0 Å². The smallest absolute Gasteiger partial charge is 0.339 e. The van der Waals surface area contributed by atoms with Crippen molar-refractivity contribution >= 4 is 29.8 Å². The molecule has 3 N–H and O–H groups in total. The molecule has 0 aromatic heterocycles. The molecule has 0 amide bonds. The van der Waals surface area contributed by atoms with Crippen molar-refractivity contribution in [3.63, 3.8) is 0 Å². The van der Waals surface area contributed by atoms with Crippen molar-refractivity contribution in [2.45, 2.75) is 52.4 Å². The molecule has 0 bridgehead atoms. The Bertz CT molecular complexity index is 1310. The second-order valence-electron chi connectivity index (χ2n) is 11.7. The highest BCUT2D eigenvalue weighted by atomic mass is 16.6. The van der Waals surface area contributed by atoms with Crippen molar-refractivity contribution in [1.29, 1.82) is 0 Å². The highest BCUT2D eigenvalue weighted by molar-refractivity contribution is 6.02. The maximum absolute atomic E-state index is 13.0. The highest BCUT2D eigenvalue weighted by Crippen LogP contribution is 2.25. The predicted octanol–water partition coefficient (Wildman–Crippen LogP) is 2.44. The predicted molar refractivity (Wildman–Crippen MR) is 177 cm³/mol. The summed E-state index contributed by atoms with van der Waals surface area (Å²) in [5.74, 6) is -4.42. The van der Waals surface area contributed by atoms with Crippen LogP contribution in [0.2, 0.25) is 0 Å². The Morgan fingerprint density at radius 3 is 1.46 bits per heavy atom. The standard InChI is InChI=1S/C35H48O15/c1-8-35(19-44-13-25(36)15-47-31(40)22(2)3,20-45-14-26(37)16-48-32(41)23(4)5)21-46-17-27(18-49-33(42)24(6)7)50-34(43)29-12-10-9-11-28(29)30(38)39/h9-12,25-27,36-37H,2,4,6,8,13-21H2,1,3,5,7H3,(H,38,39). The molecule has 0 aliphatic carbocycles. The van der Waals surface area contributed by atoms with Crippen molar-refractivity contribution < 1.29 is 72.5 Å². The number of benzene rings is 1. The lowest BCUT2D eigenvalue weighted by atomic mass is 9.88. The number of hydrogen-bond acceptors (Lipinski definition) is 14. The van der Waals surface area contributed by atoms with E-state index in [1.54, 1.807) is 6.92 Å². The normalized spacial score (nSPS) is 13.9. The van der Waals surface area contributed by atoms with E-state index in [-0.39, 0.29) is 80.7 Å². The van der Waals surface area contributed by atoms with Gasteiger partial charge in [-0.25, -0.2) is 24.0 Å². The number of aliphatic hydroxyl groups excluding tert-OH is 2. The molecule has 15 heteroatoms. The summed E-state index contributed by atoms with van der Waals surface area (Å²) in [6.07, 6.45) is -3.14. The second-order valence-corrected chi connectivity index (χ2v) is 11.7. The van der Waals surface area contributed by atoms with Gasteiger partial charge >= 0.3 is 29.8 Å². The Morgan fingerprint density at radius 1 is 0.660 bits per heavy atom. The summed E-state index contributed by atoms with van der Waals surface area (Å²) in [6, 6.07) is 5.44. The minimum absolute atomic E-state index is 0.0587. The summed E-state index contributed by atoms with van der Waals surface area (Å²) in [6.45, 7) is 14.5. The Hall–Kier alpha value is -4.41. The van der Waals surface area contributed by atoms with Crippen LogP contribution >= 0.6 is 0 Å². The summed E-state index contributed by atoms with van der Waals surface area (Å²) in [5.41, 5.74) is -1.01. The van der Waals surface area contributed by atoms with Crippen LogP contribution in [0.3, 0.4) is 0 Å². The quantitative estimate of drug-likeness (QED) is 0.0757. The monoisotopic (exact) mass is 708 g/mol. The lowest BCUT2D eigenvalue weighted by molar-refractivity contribution is -0.146. The molecule has 3 unspecified atom stereocenters. The van der Waals surface area contributed by atoms with Crippen LogP contribution < -0.4 is 0 Å². The molecule has 278 valence electrons. The molecule has 0 aliphatic rings. The third-order valence-corrected chi connectivity index (χ3v) is 6.81. The number of esters is 4. The van der Waals surface area contributed by atoms with E-state index in [0.717, 1.165) is 0 Å². The average Bonchev–Trinajstić information content (AvgIpc) is 3.07. The van der Waals surface area contributed by atoms with E-state index < -0.39 is 60.2 Å². The van der Waals surface area contributed by atoms with E-state index in [4.69, 9.17) is 33.2 Å². The zero-order valence-corrected chi connectivity index (χ0v) is 29.0. The molecule has 0 aliphatic heterocycles. The first kappa shape index (κ1) is 43.6. The van der Waals surface area contributed by atoms with Crippen LogP contribution in [0.25, 0.3) is 0 Å². The van der Waals surface area contributed by atoms with E-state index in [9.17, 15) is 39.3 Å². The zero-order valence-electron chi connectivity index (χ0n) is 29.0. The summed E-state index contributed by atoms with van der Waals surface area (Å²) in [5, 5.41) is 30.0. The molecule has 0 heterocycles. The second kappa shape index (κ2) is 22.3. The molecular weight excluding hydrogens is 660 g/mol. The molecule has 0 saturated heterocycles. The molecule has 0 radical (unpaired) electrons. The van der Waals surface area contributed by atoms with Gasteiger partial charge in [-0.05, 0) is 39.3 Å². The van der Waals surface area contributed by atoms with Gasteiger partial charge in [0.25, 0.3) is 0 Å². The Labute approximate surface area is 291 Å². The van der Waals surface area contributed by atoms with Crippen molar-refractivity contribution in [1.82, 2.24) is 0 Å². The Kier molecular flexibility index (Phi) is 19.5. The van der Waals surface area contributed by atoms with Crippen molar-refractivity contribution in [2.24, 2.45) is 5.41 Å². The first-order valence-electron chi connectivity index (χ1n) is 15.6. The fourth-order valence-corrected chi connectivity index (χ4v) is 3.82. The molecule has 3 atom stereocenters. The van der Waals surface area contributed by atoms with Crippen LogP contribution in [-0.2, 0) is 47.5 Å². The fraction of sp³-hybridized carbons (Fsp3) is 0.514. The first-order valence-corrected chi connectivity index (χ1v) is 15.6. The number of carboxylic acid groups (broad SMARTS) is 1. The number of carbonyl (C=O) groups is 5. The summed E-state index contributed by atoms with van der Waals surface area (Å²) in [7, 11) is 0. The number of rotatable bonds is 25. The Balaban J connectivity index is 3.06. The van der Waals surface area contributed by atoms with Gasteiger partial charge in [0.05, 0.1) is 50.8 Å². The first-order chi connectivity index (χ1) is 23.5. The van der Waals surface area contributed by atoms with Crippen molar-refractivity contribution in [2.75, 3.05) is 59.5 Å². The molecule has 0 saturated carbocycles. The van der Waals surface area contributed by atoms with E-state index in [1.807, 2.05) is 0 Å². The molecule has 0 fully saturated rings. The largest absolute Gasteiger partial charge is 0.478 e. The van der Waals surface area contributed by atoms with Crippen molar-refractivity contribution in [3.8, 4) is 0 Å². The molecule has 0 spiro atoms. The maximum Gasteiger partial charge on any atom is 0.339 e. The lowest BCUT2D eigenvalue weighted by Gasteiger charge is -2.33. The van der Waals surface area contributed by atoms with Gasteiger partial charge in [0, 0.05) is 22.1 Å². The third kappa shape index (κ3) is 16.3. The van der Waals surface area contributed by atoms with E-state index in [2.05, 4.69) is 19.7 Å². The van der Waals surface area contributed by atoms with E-state index in [0.29, 0.717) is 6.42 Å². The number of aliphatic hydroxyl groups is 2. The minimum atomic E-state index is -1.34. The number of hydrogen-bond donors (Lipinski definition) is 3. The number of carbonyl (C=O) groups excluding carboxylic acids is 4. The van der Waals surface area contributed by atoms with Gasteiger partial charge in [0.15, 0.2) is 6.10 Å². The molecule has 50 heavy (non-hydrogen) atoms.